The molecule has 1 aromatic heterocycles. The van der Waals surface area contributed by atoms with Gasteiger partial charge >= 0.3 is 0 Å². The van der Waals surface area contributed by atoms with Gasteiger partial charge in [-0.15, -0.1) is 0 Å². The third-order valence-electron chi connectivity index (χ3n) is 2.60. The topological polar surface area (TPSA) is 90.0 Å². The molecule has 0 atom stereocenters. The van der Waals surface area contributed by atoms with Gasteiger partial charge in [-0.1, -0.05) is 0 Å². The van der Waals surface area contributed by atoms with Crippen LogP contribution in [-0.2, 0) is 17.1 Å². The average molecular weight is 345 g/mol. The van der Waals surface area contributed by atoms with Crippen molar-refractivity contribution in [2.24, 2.45) is 7.05 Å². The van der Waals surface area contributed by atoms with Crippen LogP contribution in [0, 0.1) is 6.92 Å². The number of nitrogen functional groups attached to an aromatic ring is 1. The molecule has 102 valence electrons. The van der Waals surface area contributed by atoms with E-state index in [0.29, 0.717) is 21.7 Å². The zero-order valence-electron chi connectivity index (χ0n) is 10.4. The van der Waals surface area contributed by atoms with Crippen LogP contribution < -0.4 is 10.5 Å². The van der Waals surface area contributed by atoms with Crippen molar-refractivity contribution in [3.05, 3.63) is 34.7 Å². The van der Waals surface area contributed by atoms with Crippen LogP contribution in [-0.4, -0.2) is 18.0 Å². The fraction of sp³-hybridized carbons (Fsp3) is 0.182. The van der Waals surface area contributed by atoms with Crippen LogP contribution in [0.4, 0.5) is 11.4 Å². The van der Waals surface area contributed by atoms with E-state index in [4.69, 9.17) is 5.73 Å². The van der Waals surface area contributed by atoms with E-state index in [9.17, 15) is 8.42 Å². The molecular weight excluding hydrogens is 332 g/mol. The molecule has 6 nitrogen and oxygen atoms in total. The molecule has 0 aliphatic heterocycles. The summed E-state index contributed by atoms with van der Waals surface area (Å²) in [7, 11) is -1.99. The van der Waals surface area contributed by atoms with Crippen molar-refractivity contribution in [2.45, 2.75) is 11.9 Å². The molecule has 2 aromatic rings. The molecule has 0 unspecified atom stereocenters. The largest absolute Gasteiger partial charge is 0.399 e. The SMILES string of the molecule is Cc1nc(S(=O)(=O)Nc2cc(N)ccc2Br)cn1C. The molecule has 0 aliphatic rings. The summed E-state index contributed by atoms with van der Waals surface area (Å²) in [4.78, 5) is 4.00. The number of sulfonamides is 1. The van der Waals surface area contributed by atoms with Crippen LogP contribution in [0.15, 0.2) is 33.9 Å². The van der Waals surface area contributed by atoms with Crippen LogP contribution in [0.3, 0.4) is 0 Å². The number of nitrogens with two attached hydrogens (primary N) is 1. The molecular formula is C11H13BrN4O2S. The van der Waals surface area contributed by atoms with Gasteiger partial charge in [-0.25, -0.2) is 4.98 Å². The minimum atomic E-state index is -3.72. The third kappa shape index (κ3) is 2.90. The Morgan fingerprint density at radius 2 is 2.11 bits per heavy atom. The van der Waals surface area contributed by atoms with Gasteiger partial charge in [-0.3, -0.25) is 4.72 Å². The summed E-state index contributed by atoms with van der Waals surface area (Å²) in [6, 6.07) is 4.89. The maximum atomic E-state index is 12.2. The number of aromatic nitrogens is 2. The van der Waals surface area contributed by atoms with Crippen LogP contribution in [0.5, 0.6) is 0 Å². The Kier molecular flexibility index (Phi) is 3.55. The maximum absolute atomic E-state index is 12.2. The molecule has 0 amide bonds. The summed E-state index contributed by atoms with van der Waals surface area (Å²) in [5.41, 5.74) is 6.49. The number of aryl methyl sites for hydroxylation is 2. The lowest BCUT2D eigenvalue weighted by atomic mass is 10.3. The van der Waals surface area contributed by atoms with Gasteiger partial charge in [0.1, 0.15) is 5.82 Å². The second kappa shape index (κ2) is 4.86. The van der Waals surface area contributed by atoms with Crippen molar-refractivity contribution in [3.63, 3.8) is 0 Å². The summed E-state index contributed by atoms with van der Waals surface area (Å²) >= 11 is 3.27. The van der Waals surface area contributed by atoms with Crippen molar-refractivity contribution in [2.75, 3.05) is 10.5 Å². The van der Waals surface area contributed by atoms with E-state index in [-0.39, 0.29) is 5.03 Å². The Bertz CT molecular complexity index is 705. The number of rotatable bonds is 3. The third-order valence-corrected chi connectivity index (χ3v) is 4.52. The maximum Gasteiger partial charge on any atom is 0.280 e. The van der Waals surface area contributed by atoms with Gasteiger partial charge in [0.25, 0.3) is 10.0 Å². The number of benzene rings is 1. The minimum absolute atomic E-state index is 0.0261. The van der Waals surface area contributed by atoms with Crippen LogP contribution >= 0.6 is 15.9 Å². The van der Waals surface area contributed by atoms with E-state index in [0.717, 1.165) is 0 Å². The van der Waals surface area contributed by atoms with Crippen molar-refractivity contribution < 1.29 is 8.42 Å². The van der Waals surface area contributed by atoms with Crippen molar-refractivity contribution in [1.29, 1.82) is 0 Å². The molecule has 8 heteroatoms. The highest BCUT2D eigenvalue weighted by molar-refractivity contribution is 9.10. The molecule has 2 rings (SSSR count). The molecule has 1 aromatic carbocycles. The quantitative estimate of drug-likeness (QED) is 0.831. The molecule has 1 heterocycles. The summed E-state index contributed by atoms with van der Waals surface area (Å²) in [5.74, 6) is 0.618. The van der Waals surface area contributed by atoms with E-state index in [1.165, 1.54) is 12.3 Å². The number of halogens is 1. The van der Waals surface area contributed by atoms with E-state index in [1.54, 1.807) is 30.7 Å². The van der Waals surface area contributed by atoms with E-state index in [2.05, 4.69) is 25.6 Å². The van der Waals surface area contributed by atoms with Gasteiger partial charge in [0, 0.05) is 23.4 Å². The standard InChI is InChI=1S/C11H13BrN4O2S/c1-7-14-11(6-16(7)2)19(17,18)15-10-5-8(13)3-4-9(10)12/h3-6,15H,13H2,1-2H3. The van der Waals surface area contributed by atoms with Gasteiger partial charge in [0.15, 0.2) is 5.03 Å². The number of nitrogens with one attached hydrogen (secondary N) is 1. The first kappa shape index (κ1) is 13.9. The highest BCUT2D eigenvalue weighted by atomic mass is 79.9. The normalized spacial score (nSPS) is 11.5. The lowest BCUT2D eigenvalue weighted by molar-refractivity contribution is 0.598. The number of anilines is 2. The van der Waals surface area contributed by atoms with Crippen molar-refractivity contribution in [3.8, 4) is 0 Å². The second-order valence-electron chi connectivity index (χ2n) is 4.08. The molecule has 19 heavy (non-hydrogen) atoms. The van der Waals surface area contributed by atoms with Gasteiger partial charge in [-0.05, 0) is 41.1 Å². The smallest absolute Gasteiger partial charge is 0.280 e. The monoisotopic (exact) mass is 344 g/mol. The van der Waals surface area contributed by atoms with Crippen molar-refractivity contribution >= 4 is 37.3 Å². The van der Waals surface area contributed by atoms with Crippen molar-refractivity contribution in [1.82, 2.24) is 9.55 Å². The highest BCUT2D eigenvalue weighted by Crippen LogP contribution is 2.26. The number of imidazole rings is 1. The van der Waals surface area contributed by atoms with E-state index < -0.39 is 10.0 Å². The average Bonchev–Trinajstić information content (AvgIpc) is 2.65. The molecule has 0 spiro atoms. The van der Waals surface area contributed by atoms with Crippen LogP contribution in [0.25, 0.3) is 0 Å². The van der Waals surface area contributed by atoms with Gasteiger partial charge in [0.2, 0.25) is 0 Å². The zero-order chi connectivity index (χ0) is 14.2. The molecule has 0 radical (unpaired) electrons. The Hall–Kier alpha value is -1.54. The fourth-order valence-electron chi connectivity index (χ4n) is 1.47. The van der Waals surface area contributed by atoms with Crippen LogP contribution in [0.1, 0.15) is 5.82 Å². The molecule has 0 saturated heterocycles. The van der Waals surface area contributed by atoms with E-state index >= 15 is 0 Å². The first-order valence-electron chi connectivity index (χ1n) is 5.37. The molecule has 3 N–H and O–H groups in total. The second-order valence-corrected chi connectivity index (χ2v) is 6.57. The van der Waals surface area contributed by atoms with E-state index in [1.807, 2.05) is 0 Å². The summed E-state index contributed by atoms with van der Waals surface area (Å²) in [6.45, 7) is 1.73. The Labute approximate surface area is 119 Å². The highest BCUT2D eigenvalue weighted by Gasteiger charge is 2.19. The Balaban J connectivity index is 2.39. The predicted molar refractivity (Wildman–Crippen MR) is 77.3 cm³/mol. The predicted octanol–water partition coefficient (Wildman–Crippen LogP) is 1.87. The molecule has 0 aliphatic carbocycles. The number of nitrogens with zero attached hydrogens (tertiary/aromatic N) is 2. The van der Waals surface area contributed by atoms with Gasteiger partial charge in [-0.2, -0.15) is 8.42 Å². The summed E-state index contributed by atoms with van der Waals surface area (Å²) in [6.07, 6.45) is 1.46. The lowest BCUT2D eigenvalue weighted by Crippen LogP contribution is -2.14. The lowest BCUT2D eigenvalue weighted by Gasteiger charge is -2.08. The first-order chi connectivity index (χ1) is 8.79. The zero-order valence-corrected chi connectivity index (χ0v) is 12.8. The van der Waals surface area contributed by atoms with Gasteiger partial charge < -0.3 is 10.3 Å². The molecule has 0 fully saturated rings. The van der Waals surface area contributed by atoms with Crippen LogP contribution in [0.2, 0.25) is 0 Å². The Morgan fingerprint density at radius 3 is 2.68 bits per heavy atom. The number of hydrogen-bond donors (Lipinski definition) is 2. The minimum Gasteiger partial charge on any atom is -0.399 e. The Morgan fingerprint density at radius 1 is 1.42 bits per heavy atom. The molecule has 0 bridgehead atoms. The molecule has 0 saturated carbocycles. The first-order valence-corrected chi connectivity index (χ1v) is 7.65. The summed E-state index contributed by atoms with van der Waals surface area (Å²) in [5, 5.41) is -0.0261. The summed E-state index contributed by atoms with van der Waals surface area (Å²) < 4.78 is 29.1. The number of hydrogen-bond acceptors (Lipinski definition) is 4. The fourth-order valence-corrected chi connectivity index (χ4v) is 3.06. The van der Waals surface area contributed by atoms with Gasteiger partial charge in [0.05, 0.1) is 5.69 Å².